The molecule has 5 nitrogen and oxygen atoms in total. The molecule has 0 bridgehead atoms. The quantitative estimate of drug-likeness (QED) is 0.518. The summed E-state index contributed by atoms with van der Waals surface area (Å²) >= 11 is 3.62. The number of methoxy groups -OCH3 is 1. The summed E-state index contributed by atoms with van der Waals surface area (Å²) in [5, 5.41) is 1.13. The average molecular weight is 467 g/mol. The first-order chi connectivity index (χ1) is 14.7. The number of aromatic nitrogens is 2. The summed E-state index contributed by atoms with van der Waals surface area (Å²) in [6.07, 6.45) is 3.44. The summed E-state index contributed by atoms with van der Waals surface area (Å²) < 4.78 is 6.76. The Morgan fingerprint density at radius 3 is 2.47 bits per heavy atom. The summed E-state index contributed by atoms with van der Waals surface area (Å²) in [6.45, 7) is 5.93. The third-order valence-corrected chi connectivity index (χ3v) is 6.66. The summed E-state index contributed by atoms with van der Waals surface area (Å²) in [7, 11) is 1.76. The van der Waals surface area contributed by atoms with Crippen molar-refractivity contribution in [3.05, 3.63) is 52.3 Å². The van der Waals surface area contributed by atoms with Crippen molar-refractivity contribution in [3.63, 3.8) is 0 Å². The Labute approximate surface area is 186 Å². The molecular formula is C24H27BrN4O. The molecule has 1 aliphatic heterocycles. The van der Waals surface area contributed by atoms with E-state index < -0.39 is 0 Å². The van der Waals surface area contributed by atoms with Gasteiger partial charge in [0.1, 0.15) is 17.4 Å². The monoisotopic (exact) mass is 466 g/mol. The van der Waals surface area contributed by atoms with E-state index >= 15 is 0 Å². The predicted octanol–water partition coefficient (Wildman–Crippen LogP) is 5.17. The fourth-order valence-corrected chi connectivity index (χ4v) is 4.59. The number of hydrogen-bond acceptors (Lipinski definition) is 5. The molecule has 0 atom stereocenters. The van der Waals surface area contributed by atoms with Crippen molar-refractivity contribution in [3.8, 4) is 5.75 Å². The number of piperazine rings is 1. The zero-order chi connectivity index (χ0) is 20.7. The highest BCUT2D eigenvalue weighted by Crippen LogP contribution is 2.40. The van der Waals surface area contributed by atoms with Crippen LogP contribution < -0.4 is 14.5 Å². The number of fused-ring (bicyclic) bond motifs is 1. The SMILES string of the molecule is CCc1ccc(N2CCN(c3nc(C4CC4)nc4ccc(Br)cc34)CC2)c(OC)c1. The number of aryl methyl sites for hydroxylation is 1. The molecule has 3 aromatic rings. The smallest absolute Gasteiger partial charge is 0.142 e. The molecule has 2 fully saturated rings. The molecule has 2 heterocycles. The molecule has 5 rings (SSSR count). The molecule has 30 heavy (non-hydrogen) atoms. The molecule has 0 spiro atoms. The second-order valence-corrected chi connectivity index (χ2v) is 9.09. The normalized spacial score (nSPS) is 16.9. The lowest BCUT2D eigenvalue weighted by atomic mass is 10.1. The Morgan fingerprint density at radius 2 is 1.77 bits per heavy atom. The molecule has 2 aliphatic rings. The number of ether oxygens (including phenoxy) is 1. The minimum atomic E-state index is 0.541. The van der Waals surface area contributed by atoms with Crippen molar-refractivity contribution in [1.82, 2.24) is 9.97 Å². The molecule has 1 saturated carbocycles. The van der Waals surface area contributed by atoms with Crippen LogP contribution >= 0.6 is 15.9 Å². The topological polar surface area (TPSA) is 41.5 Å². The van der Waals surface area contributed by atoms with Gasteiger partial charge in [-0.2, -0.15) is 0 Å². The first kappa shape index (κ1) is 19.6. The van der Waals surface area contributed by atoms with Gasteiger partial charge in [-0.05, 0) is 55.2 Å². The average Bonchev–Trinajstić information content (AvgIpc) is 3.63. The third-order valence-electron chi connectivity index (χ3n) is 6.17. The van der Waals surface area contributed by atoms with Crippen molar-refractivity contribution in [2.75, 3.05) is 43.1 Å². The maximum absolute atomic E-state index is 5.69. The highest BCUT2D eigenvalue weighted by Gasteiger charge is 2.29. The standard InChI is InChI=1S/C24H27BrN4O/c1-3-16-4-9-21(22(14-16)30-2)28-10-12-29(13-11-28)24-19-15-18(25)7-8-20(19)26-23(27-24)17-5-6-17/h4,7-9,14-15,17H,3,5-6,10-13H2,1-2H3. The Bertz CT molecular complexity index is 1070. The highest BCUT2D eigenvalue weighted by atomic mass is 79.9. The number of anilines is 2. The van der Waals surface area contributed by atoms with Crippen LogP contribution in [-0.2, 0) is 6.42 Å². The fraction of sp³-hybridized carbons (Fsp3) is 0.417. The number of hydrogen-bond donors (Lipinski definition) is 0. The Morgan fingerprint density at radius 1 is 1.00 bits per heavy atom. The van der Waals surface area contributed by atoms with E-state index in [2.05, 4.69) is 69.1 Å². The van der Waals surface area contributed by atoms with Crippen molar-refractivity contribution in [2.24, 2.45) is 0 Å². The van der Waals surface area contributed by atoms with Crippen LogP contribution in [0.25, 0.3) is 10.9 Å². The van der Waals surface area contributed by atoms with Gasteiger partial charge in [0.15, 0.2) is 0 Å². The van der Waals surface area contributed by atoms with Crippen molar-refractivity contribution >= 4 is 38.3 Å². The second kappa shape index (κ2) is 8.06. The minimum Gasteiger partial charge on any atom is -0.495 e. The van der Waals surface area contributed by atoms with Gasteiger partial charge in [0.25, 0.3) is 0 Å². The molecule has 0 N–H and O–H groups in total. The molecule has 0 unspecified atom stereocenters. The molecule has 1 aromatic heterocycles. The lowest BCUT2D eigenvalue weighted by molar-refractivity contribution is 0.413. The first-order valence-electron chi connectivity index (χ1n) is 10.8. The van der Waals surface area contributed by atoms with E-state index in [-0.39, 0.29) is 0 Å². The van der Waals surface area contributed by atoms with Crippen LogP contribution in [0.3, 0.4) is 0 Å². The van der Waals surface area contributed by atoms with Gasteiger partial charge in [0.05, 0.1) is 18.3 Å². The molecule has 6 heteroatoms. The summed E-state index contributed by atoms with van der Waals surface area (Å²) in [5.74, 6) is 3.60. The number of rotatable bonds is 5. The maximum Gasteiger partial charge on any atom is 0.142 e. The van der Waals surface area contributed by atoms with E-state index in [1.54, 1.807) is 7.11 Å². The number of nitrogens with zero attached hydrogens (tertiary/aromatic N) is 4. The zero-order valence-electron chi connectivity index (χ0n) is 17.6. The van der Waals surface area contributed by atoms with Gasteiger partial charge < -0.3 is 14.5 Å². The Hall–Kier alpha value is -2.34. The predicted molar refractivity (Wildman–Crippen MR) is 126 cm³/mol. The largest absolute Gasteiger partial charge is 0.495 e. The molecule has 0 radical (unpaired) electrons. The molecule has 1 saturated heterocycles. The molecule has 156 valence electrons. The van der Waals surface area contributed by atoms with Gasteiger partial charge in [0, 0.05) is 42.0 Å². The van der Waals surface area contributed by atoms with Gasteiger partial charge >= 0.3 is 0 Å². The molecule has 0 amide bonds. The first-order valence-corrected chi connectivity index (χ1v) is 11.6. The van der Waals surface area contributed by atoms with Crippen LogP contribution in [-0.4, -0.2) is 43.3 Å². The van der Waals surface area contributed by atoms with E-state index in [4.69, 9.17) is 14.7 Å². The van der Waals surface area contributed by atoms with E-state index in [9.17, 15) is 0 Å². The number of halogens is 1. The molecule has 1 aliphatic carbocycles. The van der Waals surface area contributed by atoms with Gasteiger partial charge in [-0.15, -0.1) is 0 Å². The van der Waals surface area contributed by atoms with Gasteiger partial charge in [-0.25, -0.2) is 9.97 Å². The molecular weight excluding hydrogens is 440 g/mol. The third kappa shape index (κ3) is 3.73. The summed E-state index contributed by atoms with van der Waals surface area (Å²) in [4.78, 5) is 14.7. The maximum atomic E-state index is 5.69. The van der Waals surface area contributed by atoms with E-state index in [1.165, 1.54) is 24.1 Å². The van der Waals surface area contributed by atoms with Crippen molar-refractivity contribution < 1.29 is 4.74 Å². The lowest BCUT2D eigenvalue weighted by Crippen LogP contribution is -2.47. The van der Waals surface area contributed by atoms with Crippen LogP contribution in [0.4, 0.5) is 11.5 Å². The van der Waals surface area contributed by atoms with E-state index in [0.717, 1.165) is 65.4 Å². The van der Waals surface area contributed by atoms with Crippen LogP contribution in [0.15, 0.2) is 40.9 Å². The van der Waals surface area contributed by atoms with Gasteiger partial charge in [-0.3, -0.25) is 0 Å². The van der Waals surface area contributed by atoms with Gasteiger partial charge in [0.2, 0.25) is 0 Å². The Balaban J connectivity index is 1.42. The van der Waals surface area contributed by atoms with Gasteiger partial charge in [-0.1, -0.05) is 28.9 Å². The number of benzene rings is 2. The minimum absolute atomic E-state index is 0.541. The van der Waals surface area contributed by atoms with Crippen LogP contribution in [0.2, 0.25) is 0 Å². The zero-order valence-corrected chi connectivity index (χ0v) is 19.2. The Kier molecular flexibility index (Phi) is 5.27. The van der Waals surface area contributed by atoms with E-state index in [0.29, 0.717) is 5.92 Å². The van der Waals surface area contributed by atoms with Crippen LogP contribution in [0, 0.1) is 0 Å². The fourth-order valence-electron chi connectivity index (χ4n) is 4.23. The molecule has 2 aromatic carbocycles. The summed E-state index contributed by atoms with van der Waals surface area (Å²) in [6, 6.07) is 12.9. The van der Waals surface area contributed by atoms with Crippen molar-refractivity contribution in [2.45, 2.75) is 32.1 Å². The highest BCUT2D eigenvalue weighted by molar-refractivity contribution is 9.10. The summed E-state index contributed by atoms with van der Waals surface area (Å²) in [5.41, 5.74) is 3.53. The lowest BCUT2D eigenvalue weighted by Gasteiger charge is -2.37. The van der Waals surface area contributed by atoms with Crippen LogP contribution in [0.5, 0.6) is 5.75 Å². The van der Waals surface area contributed by atoms with Crippen molar-refractivity contribution in [1.29, 1.82) is 0 Å². The van der Waals surface area contributed by atoms with Crippen LogP contribution in [0.1, 0.15) is 37.1 Å². The second-order valence-electron chi connectivity index (χ2n) is 8.18. The van der Waals surface area contributed by atoms with E-state index in [1.807, 2.05) is 0 Å².